The average molecular weight is 316 g/mol. The summed E-state index contributed by atoms with van der Waals surface area (Å²) in [5.74, 6) is -1.63. The number of fused-ring (bicyclic) bond motifs is 1. The highest BCUT2D eigenvalue weighted by molar-refractivity contribution is 5.74. The lowest BCUT2D eigenvalue weighted by Crippen LogP contribution is -2.51. The molecule has 2 aromatic rings. The van der Waals surface area contributed by atoms with Crippen LogP contribution < -0.4 is 10.2 Å². The molecule has 1 heterocycles. The van der Waals surface area contributed by atoms with E-state index in [2.05, 4.69) is 56.1 Å². The van der Waals surface area contributed by atoms with Crippen LogP contribution in [0.2, 0.25) is 0 Å². The maximum atomic E-state index is 13.8. The molecule has 2 aromatic carbocycles. The molecule has 0 spiro atoms. The summed E-state index contributed by atoms with van der Waals surface area (Å²) in [5.41, 5.74) is 4.81. The zero-order chi connectivity index (χ0) is 16.8. The highest BCUT2D eigenvalue weighted by Gasteiger charge is 2.33. The van der Waals surface area contributed by atoms with Crippen molar-refractivity contribution in [3.8, 4) is 0 Å². The molecule has 4 heteroatoms. The van der Waals surface area contributed by atoms with E-state index in [1.54, 1.807) is 0 Å². The molecule has 0 aromatic heterocycles. The topological polar surface area (TPSA) is 15.3 Å². The average Bonchev–Trinajstić information content (AvgIpc) is 2.48. The summed E-state index contributed by atoms with van der Waals surface area (Å²) < 4.78 is 27.3. The number of benzene rings is 2. The second-order valence-corrected chi connectivity index (χ2v) is 6.95. The SMILES string of the molecule is Cc1ccc(CN2c3cc(F)c(F)cc3NCC2(C)C)cc1C. The lowest BCUT2D eigenvalue weighted by molar-refractivity contribution is 0.462. The van der Waals surface area contributed by atoms with Gasteiger partial charge in [-0.3, -0.25) is 0 Å². The van der Waals surface area contributed by atoms with Crippen molar-refractivity contribution in [1.82, 2.24) is 0 Å². The van der Waals surface area contributed by atoms with Crippen LogP contribution in [0.3, 0.4) is 0 Å². The number of nitrogens with one attached hydrogen (secondary N) is 1. The second kappa shape index (κ2) is 5.52. The maximum absolute atomic E-state index is 13.8. The van der Waals surface area contributed by atoms with Crippen LogP contribution in [-0.2, 0) is 6.54 Å². The molecule has 0 fully saturated rings. The first-order valence-electron chi connectivity index (χ1n) is 7.84. The van der Waals surface area contributed by atoms with Crippen LogP contribution in [0.25, 0.3) is 0 Å². The minimum atomic E-state index is -0.818. The van der Waals surface area contributed by atoms with E-state index in [0.717, 1.165) is 0 Å². The highest BCUT2D eigenvalue weighted by atomic mass is 19.2. The van der Waals surface area contributed by atoms with Crippen LogP contribution in [0, 0.1) is 25.5 Å². The fraction of sp³-hybridized carbons (Fsp3) is 0.368. The van der Waals surface area contributed by atoms with Crippen molar-refractivity contribution in [1.29, 1.82) is 0 Å². The number of halogens is 2. The Morgan fingerprint density at radius 3 is 2.43 bits per heavy atom. The lowest BCUT2D eigenvalue weighted by Gasteiger charge is -2.45. The van der Waals surface area contributed by atoms with E-state index >= 15 is 0 Å². The molecular formula is C19H22F2N2. The van der Waals surface area contributed by atoms with Gasteiger partial charge in [-0.05, 0) is 44.4 Å². The van der Waals surface area contributed by atoms with Crippen molar-refractivity contribution in [2.45, 2.75) is 39.8 Å². The van der Waals surface area contributed by atoms with Crippen LogP contribution in [0.4, 0.5) is 20.2 Å². The van der Waals surface area contributed by atoms with Crippen molar-refractivity contribution in [2.75, 3.05) is 16.8 Å². The van der Waals surface area contributed by atoms with E-state index in [-0.39, 0.29) is 5.54 Å². The summed E-state index contributed by atoms with van der Waals surface area (Å²) in [5, 5.41) is 3.21. The first-order chi connectivity index (χ1) is 10.8. The molecule has 0 aliphatic carbocycles. The Hall–Kier alpha value is -2.10. The van der Waals surface area contributed by atoms with E-state index in [1.165, 1.54) is 28.8 Å². The van der Waals surface area contributed by atoms with Gasteiger partial charge < -0.3 is 10.2 Å². The molecule has 0 unspecified atom stereocenters. The van der Waals surface area contributed by atoms with Crippen LogP contribution in [-0.4, -0.2) is 12.1 Å². The van der Waals surface area contributed by atoms with Crippen LogP contribution >= 0.6 is 0 Å². The van der Waals surface area contributed by atoms with Crippen molar-refractivity contribution in [3.05, 3.63) is 58.7 Å². The normalized spacial score (nSPS) is 16.0. The maximum Gasteiger partial charge on any atom is 0.161 e. The van der Waals surface area contributed by atoms with Gasteiger partial charge in [0.2, 0.25) is 0 Å². The Morgan fingerprint density at radius 1 is 1.04 bits per heavy atom. The number of aryl methyl sites for hydroxylation is 2. The highest BCUT2D eigenvalue weighted by Crippen LogP contribution is 2.38. The summed E-state index contributed by atoms with van der Waals surface area (Å²) in [6.07, 6.45) is 0. The van der Waals surface area contributed by atoms with Crippen molar-refractivity contribution >= 4 is 11.4 Å². The molecule has 122 valence electrons. The summed E-state index contributed by atoms with van der Waals surface area (Å²) >= 11 is 0. The smallest absolute Gasteiger partial charge is 0.161 e. The molecule has 0 saturated heterocycles. The van der Waals surface area contributed by atoms with Crippen molar-refractivity contribution in [2.24, 2.45) is 0 Å². The standard InChI is InChI=1S/C19H22F2N2/c1-12-5-6-14(7-13(12)2)10-23-18-9-16(21)15(20)8-17(18)22-11-19(23,3)4/h5-9,22H,10-11H2,1-4H3. The summed E-state index contributed by atoms with van der Waals surface area (Å²) in [6, 6.07) is 8.89. The van der Waals surface area contributed by atoms with Gasteiger partial charge in [0.25, 0.3) is 0 Å². The Morgan fingerprint density at radius 2 is 1.74 bits per heavy atom. The molecule has 0 atom stereocenters. The van der Waals surface area contributed by atoms with Gasteiger partial charge in [0.05, 0.1) is 16.9 Å². The summed E-state index contributed by atoms with van der Waals surface area (Å²) in [6.45, 7) is 9.71. The van der Waals surface area contributed by atoms with Gasteiger partial charge >= 0.3 is 0 Å². The van der Waals surface area contributed by atoms with Gasteiger partial charge in [-0.15, -0.1) is 0 Å². The minimum absolute atomic E-state index is 0.198. The van der Waals surface area contributed by atoms with Gasteiger partial charge in [-0.1, -0.05) is 18.2 Å². The lowest BCUT2D eigenvalue weighted by atomic mass is 9.95. The van der Waals surface area contributed by atoms with E-state index in [0.29, 0.717) is 24.5 Å². The molecule has 23 heavy (non-hydrogen) atoms. The minimum Gasteiger partial charge on any atom is -0.381 e. The third-order valence-corrected chi connectivity index (χ3v) is 4.68. The third-order valence-electron chi connectivity index (χ3n) is 4.68. The molecule has 0 saturated carbocycles. The summed E-state index contributed by atoms with van der Waals surface area (Å²) in [7, 11) is 0. The summed E-state index contributed by atoms with van der Waals surface area (Å²) in [4.78, 5) is 2.14. The predicted octanol–water partition coefficient (Wildman–Crippen LogP) is 4.79. The van der Waals surface area contributed by atoms with Gasteiger partial charge in [0, 0.05) is 25.2 Å². The van der Waals surface area contributed by atoms with Gasteiger partial charge in [0.1, 0.15) is 0 Å². The number of anilines is 2. The molecule has 1 aliphatic rings. The number of rotatable bonds is 2. The molecule has 2 nitrogen and oxygen atoms in total. The quantitative estimate of drug-likeness (QED) is 0.857. The molecule has 1 aliphatic heterocycles. The Balaban J connectivity index is 2.02. The third kappa shape index (κ3) is 2.90. The van der Waals surface area contributed by atoms with Gasteiger partial charge in [-0.25, -0.2) is 8.78 Å². The zero-order valence-electron chi connectivity index (χ0n) is 14.0. The van der Waals surface area contributed by atoms with Crippen molar-refractivity contribution < 1.29 is 8.78 Å². The van der Waals surface area contributed by atoms with Gasteiger partial charge in [0.15, 0.2) is 11.6 Å². The molecule has 3 rings (SSSR count). The van der Waals surface area contributed by atoms with Crippen molar-refractivity contribution in [3.63, 3.8) is 0 Å². The monoisotopic (exact) mass is 316 g/mol. The Bertz CT molecular complexity index is 753. The second-order valence-electron chi connectivity index (χ2n) is 6.95. The van der Waals surface area contributed by atoms with E-state index in [4.69, 9.17) is 0 Å². The van der Waals surface area contributed by atoms with Crippen LogP contribution in [0.5, 0.6) is 0 Å². The van der Waals surface area contributed by atoms with Gasteiger partial charge in [-0.2, -0.15) is 0 Å². The first-order valence-corrected chi connectivity index (χ1v) is 7.84. The van der Waals surface area contributed by atoms with E-state index in [9.17, 15) is 8.78 Å². The largest absolute Gasteiger partial charge is 0.381 e. The molecule has 0 amide bonds. The van der Waals surface area contributed by atoms with E-state index in [1.807, 2.05) is 0 Å². The van der Waals surface area contributed by atoms with E-state index < -0.39 is 11.6 Å². The number of nitrogens with zero attached hydrogens (tertiary/aromatic N) is 1. The Kier molecular flexibility index (Phi) is 3.78. The number of hydrogen-bond donors (Lipinski definition) is 1. The van der Waals surface area contributed by atoms with Crippen LogP contribution in [0.15, 0.2) is 30.3 Å². The molecule has 0 bridgehead atoms. The van der Waals surface area contributed by atoms with Crippen LogP contribution in [0.1, 0.15) is 30.5 Å². The number of hydrogen-bond acceptors (Lipinski definition) is 2. The first kappa shape index (κ1) is 15.8. The fourth-order valence-corrected chi connectivity index (χ4v) is 3.02. The zero-order valence-corrected chi connectivity index (χ0v) is 14.0. The Labute approximate surface area is 136 Å². The molecule has 0 radical (unpaired) electrons. The predicted molar refractivity (Wildman–Crippen MR) is 91.0 cm³/mol. The molecular weight excluding hydrogens is 294 g/mol. The fourth-order valence-electron chi connectivity index (χ4n) is 3.02. The molecule has 1 N–H and O–H groups in total.